The van der Waals surface area contributed by atoms with Gasteiger partial charge in [0.1, 0.15) is 17.5 Å². The summed E-state index contributed by atoms with van der Waals surface area (Å²) in [5.74, 6) is 6.02. The lowest BCUT2D eigenvalue weighted by Gasteiger charge is -2.46. The predicted molar refractivity (Wildman–Crippen MR) is 142 cm³/mol. The number of hydrogen-bond acceptors (Lipinski definition) is 8. The van der Waals surface area contributed by atoms with Gasteiger partial charge in [-0.15, -0.1) is 0 Å². The fraction of sp³-hybridized carbons (Fsp3) is 0.520. The van der Waals surface area contributed by atoms with Gasteiger partial charge >= 0.3 is 0 Å². The maximum atomic E-state index is 12.2. The van der Waals surface area contributed by atoms with Crippen LogP contribution in [0, 0.1) is 23.2 Å². The Morgan fingerprint density at radius 2 is 2.14 bits per heavy atom. The Labute approximate surface area is 212 Å². The van der Waals surface area contributed by atoms with Gasteiger partial charge in [0.25, 0.3) is 0 Å². The smallest absolute Gasteiger partial charge is 0.227 e. The summed E-state index contributed by atoms with van der Waals surface area (Å²) in [4.78, 5) is 14.2. The Hall–Kier alpha value is -2.38. The van der Waals surface area contributed by atoms with Crippen LogP contribution in [0.2, 0.25) is 5.02 Å². The van der Waals surface area contributed by atoms with Gasteiger partial charge in [0.05, 0.1) is 18.8 Å². The van der Waals surface area contributed by atoms with E-state index in [-0.39, 0.29) is 12.6 Å². The highest BCUT2D eigenvalue weighted by atomic mass is 35.5. The molecule has 0 radical (unpaired) electrons. The van der Waals surface area contributed by atoms with Crippen molar-refractivity contribution in [1.82, 2.24) is 14.9 Å². The second-order valence-electron chi connectivity index (χ2n) is 9.69. The van der Waals surface area contributed by atoms with Crippen LogP contribution >= 0.6 is 11.6 Å². The second-order valence-corrected chi connectivity index (χ2v) is 12.6. The maximum absolute atomic E-state index is 12.2. The van der Waals surface area contributed by atoms with E-state index in [1.807, 2.05) is 13.0 Å². The number of aromatic nitrogens is 2. The summed E-state index contributed by atoms with van der Waals surface area (Å²) in [5, 5.41) is 22.6. The zero-order valence-electron chi connectivity index (χ0n) is 20.3. The summed E-state index contributed by atoms with van der Waals surface area (Å²) in [6.07, 6.45) is 5.54. The molecule has 3 atom stereocenters. The Morgan fingerprint density at radius 1 is 1.37 bits per heavy atom. The van der Waals surface area contributed by atoms with Crippen LogP contribution in [0.3, 0.4) is 0 Å². The van der Waals surface area contributed by atoms with Crippen molar-refractivity contribution in [3.05, 3.63) is 40.5 Å². The first kappa shape index (κ1) is 25.7. The number of piperidine rings is 1. The first-order valence-electron chi connectivity index (χ1n) is 11.9. The van der Waals surface area contributed by atoms with E-state index < -0.39 is 9.52 Å². The lowest BCUT2D eigenvalue weighted by Crippen LogP contribution is -2.54. The Bertz CT molecular complexity index is 1210. The molecule has 0 spiro atoms. The summed E-state index contributed by atoms with van der Waals surface area (Å²) >= 11 is 6.49. The van der Waals surface area contributed by atoms with Gasteiger partial charge in [0.15, 0.2) is 0 Å². The third kappa shape index (κ3) is 5.89. The molecule has 0 saturated carbocycles. The molecule has 2 N–H and O–H groups in total. The number of β-amino-alcohol motifs (C(OH)–C–C–N with tert-alkyl or cyclic N) is 1. The number of aliphatic hydroxyl groups is 1. The lowest BCUT2D eigenvalue weighted by atomic mass is 9.81. The van der Waals surface area contributed by atoms with Crippen LogP contribution in [0.25, 0.3) is 0 Å². The zero-order chi connectivity index (χ0) is 25.2. The van der Waals surface area contributed by atoms with Crippen molar-refractivity contribution in [2.75, 3.05) is 55.8 Å². The van der Waals surface area contributed by atoms with Crippen LogP contribution in [-0.4, -0.2) is 75.6 Å². The van der Waals surface area contributed by atoms with Gasteiger partial charge in [0, 0.05) is 42.4 Å². The van der Waals surface area contributed by atoms with Crippen LogP contribution in [0.4, 0.5) is 11.8 Å². The first-order chi connectivity index (χ1) is 16.7. The topological polar surface area (TPSA) is 105 Å². The molecule has 35 heavy (non-hydrogen) atoms. The first-order valence-corrected chi connectivity index (χ1v) is 14.4. The molecule has 4 rings (SSSR count). The Kier molecular flexibility index (Phi) is 7.86. The minimum absolute atomic E-state index is 0.209. The Balaban J connectivity index is 1.44. The van der Waals surface area contributed by atoms with Crippen molar-refractivity contribution in [1.29, 1.82) is 5.26 Å². The van der Waals surface area contributed by atoms with E-state index in [2.05, 4.69) is 37.0 Å². The highest BCUT2D eigenvalue weighted by Gasteiger charge is 2.37. The summed E-state index contributed by atoms with van der Waals surface area (Å²) < 4.78 is 12.2. The number of benzene rings is 1. The number of nitrogens with zero attached hydrogens (tertiary/aromatic N) is 5. The lowest BCUT2D eigenvalue weighted by molar-refractivity contribution is 0.101. The van der Waals surface area contributed by atoms with Crippen molar-refractivity contribution < 1.29 is 9.32 Å². The summed E-state index contributed by atoms with van der Waals surface area (Å²) in [6.45, 7) is 6.80. The number of halogens is 1. The number of hydrogen-bond donors (Lipinski definition) is 2. The van der Waals surface area contributed by atoms with E-state index in [0.29, 0.717) is 39.1 Å². The average molecular weight is 517 g/mol. The number of anilines is 2. The molecule has 2 aliphatic rings. The van der Waals surface area contributed by atoms with Crippen LogP contribution in [-0.2, 0) is 9.52 Å². The van der Waals surface area contributed by atoms with Gasteiger partial charge in [0.2, 0.25) is 5.95 Å². The van der Waals surface area contributed by atoms with Gasteiger partial charge in [-0.2, -0.15) is 10.2 Å². The normalized spacial score (nSPS) is 21.6. The largest absolute Gasteiger partial charge is 0.395 e. The molecule has 3 unspecified atom stereocenters. The SMILES string of the molecule is C=S(C)(=O)c1ccc(C(C)Nc2nc(N3CC(C4CCCN(CCO)C4)C3)ncc2C#N)c(Cl)c1. The highest BCUT2D eigenvalue weighted by Crippen LogP contribution is 2.34. The molecule has 1 aromatic heterocycles. The molecule has 1 aromatic carbocycles. The molecule has 2 fully saturated rings. The number of nitrogens with one attached hydrogen (secondary N) is 1. The fourth-order valence-corrected chi connectivity index (χ4v) is 6.05. The minimum atomic E-state index is -2.36. The summed E-state index contributed by atoms with van der Waals surface area (Å²) in [6, 6.07) is 7.24. The molecule has 8 nitrogen and oxygen atoms in total. The monoisotopic (exact) mass is 516 g/mol. The highest BCUT2D eigenvalue weighted by molar-refractivity contribution is 7.99. The van der Waals surface area contributed by atoms with Crippen molar-refractivity contribution in [3.63, 3.8) is 0 Å². The van der Waals surface area contributed by atoms with E-state index in [1.54, 1.807) is 24.6 Å². The van der Waals surface area contributed by atoms with E-state index in [9.17, 15) is 14.6 Å². The average Bonchev–Trinajstić information content (AvgIpc) is 2.78. The van der Waals surface area contributed by atoms with E-state index >= 15 is 0 Å². The van der Waals surface area contributed by atoms with Gasteiger partial charge in [-0.3, -0.25) is 4.21 Å². The molecule has 0 amide bonds. The molecule has 0 aliphatic carbocycles. The second kappa shape index (κ2) is 10.7. The molecule has 2 saturated heterocycles. The maximum Gasteiger partial charge on any atom is 0.227 e. The molecule has 2 aliphatic heterocycles. The molecule has 3 heterocycles. The van der Waals surface area contributed by atoms with Gasteiger partial charge in [-0.1, -0.05) is 17.7 Å². The van der Waals surface area contributed by atoms with Crippen molar-refractivity contribution in [3.8, 4) is 6.07 Å². The minimum Gasteiger partial charge on any atom is -0.395 e. The number of rotatable bonds is 8. The fourth-order valence-electron chi connectivity index (χ4n) is 4.92. The van der Waals surface area contributed by atoms with Crippen LogP contribution in [0.15, 0.2) is 29.3 Å². The van der Waals surface area contributed by atoms with Gasteiger partial charge < -0.3 is 20.2 Å². The molecular weight excluding hydrogens is 484 g/mol. The quantitative estimate of drug-likeness (QED) is 0.516. The number of nitriles is 1. The summed E-state index contributed by atoms with van der Waals surface area (Å²) in [5.41, 5.74) is 1.18. The third-order valence-electron chi connectivity index (χ3n) is 7.00. The molecule has 0 bridgehead atoms. The molecule has 10 heteroatoms. The van der Waals surface area contributed by atoms with Crippen LogP contribution < -0.4 is 10.2 Å². The van der Waals surface area contributed by atoms with Crippen molar-refractivity contribution in [2.45, 2.75) is 30.7 Å². The van der Waals surface area contributed by atoms with Gasteiger partial charge in [-0.05, 0) is 71.2 Å². The van der Waals surface area contributed by atoms with Gasteiger partial charge in [-0.25, -0.2) is 4.98 Å². The van der Waals surface area contributed by atoms with Crippen LogP contribution in [0.5, 0.6) is 0 Å². The Morgan fingerprint density at radius 3 is 2.80 bits per heavy atom. The molecule has 2 aromatic rings. The third-order valence-corrected chi connectivity index (χ3v) is 8.58. The van der Waals surface area contributed by atoms with E-state index in [0.717, 1.165) is 38.3 Å². The van der Waals surface area contributed by atoms with Crippen LogP contribution in [0.1, 0.15) is 36.9 Å². The standard InChI is InChI=1S/C25H33ClN6O2S/c1-17(22-7-6-21(11-23(22)26)35(2,3)34)29-24-19(12-27)13-28-25(30-24)32-15-20(16-32)18-5-4-8-31(14-18)9-10-33/h6-7,11,13,17-18,20,33H,2,4-5,8-10,14-16H2,1,3H3,(H,28,29,30). The molecule has 188 valence electrons. The van der Waals surface area contributed by atoms with E-state index in [1.165, 1.54) is 12.8 Å². The summed E-state index contributed by atoms with van der Waals surface area (Å²) in [7, 11) is -2.36. The zero-order valence-corrected chi connectivity index (χ0v) is 21.9. The van der Waals surface area contributed by atoms with Crippen molar-refractivity contribution >= 4 is 38.8 Å². The van der Waals surface area contributed by atoms with E-state index in [4.69, 9.17) is 11.6 Å². The van der Waals surface area contributed by atoms with Crippen molar-refractivity contribution in [2.24, 2.45) is 11.8 Å². The predicted octanol–water partition coefficient (Wildman–Crippen LogP) is 3.02. The number of likely N-dealkylation sites (tertiary alicyclic amines) is 1. The molecular formula is C25H33ClN6O2S. The number of aliphatic hydroxyl groups excluding tert-OH is 1.